The van der Waals surface area contributed by atoms with Gasteiger partial charge in [-0.3, -0.25) is 0 Å². The van der Waals surface area contributed by atoms with Gasteiger partial charge in [-0.25, -0.2) is 9.97 Å². The van der Waals surface area contributed by atoms with Crippen molar-refractivity contribution in [3.8, 4) is 0 Å². The summed E-state index contributed by atoms with van der Waals surface area (Å²) in [5.41, 5.74) is 0.917. The topological polar surface area (TPSA) is 25.8 Å². The van der Waals surface area contributed by atoms with E-state index in [0.717, 1.165) is 15.5 Å². The zero-order valence-electron chi connectivity index (χ0n) is 6.67. The molecule has 0 aliphatic carbocycles. The van der Waals surface area contributed by atoms with E-state index in [4.69, 9.17) is 11.6 Å². The van der Waals surface area contributed by atoms with Gasteiger partial charge in [-0.05, 0) is 22.0 Å². The van der Waals surface area contributed by atoms with Crippen LogP contribution in [0.1, 0.15) is 5.82 Å². The summed E-state index contributed by atoms with van der Waals surface area (Å²) in [6.45, 7) is 0. The summed E-state index contributed by atoms with van der Waals surface area (Å²) in [4.78, 5) is 8.47. The average molecular weight is 258 g/mol. The molecule has 0 saturated heterocycles. The number of rotatable bonds is 1. The molecule has 0 saturated carbocycles. The largest absolute Gasteiger partial charge is 0.232 e. The van der Waals surface area contributed by atoms with Crippen molar-refractivity contribution in [1.82, 2.24) is 9.97 Å². The lowest BCUT2D eigenvalue weighted by molar-refractivity contribution is 1.05. The van der Waals surface area contributed by atoms with Gasteiger partial charge in [-0.2, -0.15) is 0 Å². The maximum Gasteiger partial charge on any atom is 0.145 e. The number of fused-ring (bicyclic) bond motifs is 1. The van der Waals surface area contributed by atoms with Crippen molar-refractivity contribution in [3.63, 3.8) is 0 Å². The van der Waals surface area contributed by atoms with E-state index in [1.165, 1.54) is 0 Å². The van der Waals surface area contributed by atoms with Gasteiger partial charge in [-0.15, -0.1) is 11.6 Å². The molecule has 0 amide bonds. The molecule has 13 heavy (non-hydrogen) atoms. The van der Waals surface area contributed by atoms with Gasteiger partial charge in [-0.1, -0.05) is 18.2 Å². The van der Waals surface area contributed by atoms with Crippen LogP contribution in [0, 0.1) is 0 Å². The number of benzene rings is 1. The van der Waals surface area contributed by atoms with Gasteiger partial charge in [0.25, 0.3) is 0 Å². The highest BCUT2D eigenvalue weighted by Crippen LogP contribution is 2.20. The molecule has 0 N–H and O–H groups in total. The third-order valence-electron chi connectivity index (χ3n) is 1.72. The molecule has 2 rings (SSSR count). The van der Waals surface area contributed by atoms with Crippen molar-refractivity contribution in [1.29, 1.82) is 0 Å². The highest BCUT2D eigenvalue weighted by Gasteiger charge is 2.02. The van der Waals surface area contributed by atoms with Gasteiger partial charge in [0.15, 0.2) is 0 Å². The summed E-state index contributed by atoms with van der Waals surface area (Å²) >= 11 is 9.03. The molecular weight excluding hydrogens is 251 g/mol. The van der Waals surface area contributed by atoms with Gasteiger partial charge < -0.3 is 0 Å². The molecule has 2 aromatic rings. The van der Waals surface area contributed by atoms with Crippen molar-refractivity contribution in [2.24, 2.45) is 0 Å². The second kappa shape index (κ2) is 3.60. The third kappa shape index (κ3) is 1.67. The van der Waals surface area contributed by atoms with E-state index in [2.05, 4.69) is 25.9 Å². The molecular formula is C9H6BrClN2. The smallest absolute Gasteiger partial charge is 0.145 e. The second-order valence-corrected chi connectivity index (χ2v) is 3.60. The zero-order chi connectivity index (χ0) is 9.26. The van der Waals surface area contributed by atoms with Gasteiger partial charge in [0.1, 0.15) is 10.4 Å². The fourth-order valence-electron chi connectivity index (χ4n) is 1.14. The van der Waals surface area contributed by atoms with E-state index >= 15 is 0 Å². The predicted octanol–water partition coefficient (Wildman–Crippen LogP) is 3.13. The molecule has 0 spiro atoms. The lowest BCUT2D eigenvalue weighted by Gasteiger charge is -2.00. The molecule has 0 fully saturated rings. The van der Waals surface area contributed by atoms with Crippen LogP contribution in [0.25, 0.3) is 10.9 Å². The normalized spacial score (nSPS) is 10.6. The van der Waals surface area contributed by atoms with Crippen LogP contribution in [-0.4, -0.2) is 9.97 Å². The summed E-state index contributed by atoms with van der Waals surface area (Å²) in [5.74, 6) is 0.982. The average Bonchev–Trinajstić information content (AvgIpc) is 2.18. The fraction of sp³-hybridized carbons (Fsp3) is 0.111. The number of hydrogen-bond acceptors (Lipinski definition) is 2. The maximum absolute atomic E-state index is 5.65. The molecule has 1 heterocycles. The Kier molecular flexibility index (Phi) is 2.47. The van der Waals surface area contributed by atoms with Crippen LogP contribution in [-0.2, 0) is 5.88 Å². The molecule has 0 unspecified atom stereocenters. The lowest BCUT2D eigenvalue weighted by Crippen LogP contribution is -1.92. The Hall–Kier alpha value is -0.670. The monoisotopic (exact) mass is 256 g/mol. The lowest BCUT2D eigenvalue weighted by atomic mass is 10.2. The SMILES string of the molecule is ClCc1nc(Br)c2ccccc2n1. The molecule has 0 aliphatic rings. The van der Waals surface area contributed by atoms with Crippen molar-refractivity contribution in [2.45, 2.75) is 5.88 Å². The van der Waals surface area contributed by atoms with Gasteiger partial charge >= 0.3 is 0 Å². The van der Waals surface area contributed by atoms with Crippen LogP contribution < -0.4 is 0 Å². The third-order valence-corrected chi connectivity index (χ3v) is 2.57. The van der Waals surface area contributed by atoms with E-state index in [1.807, 2.05) is 24.3 Å². The van der Waals surface area contributed by atoms with E-state index < -0.39 is 0 Å². The predicted molar refractivity (Wildman–Crippen MR) is 56.8 cm³/mol. The quantitative estimate of drug-likeness (QED) is 0.579. The van der Waals surface area contributed by atoms with E-state index in [0.29, 0.717) is 11.7 Å². The maximum atomic E-state index is 5.65. The van der Waals surface area contributed by atoms with Crippen LogP contribution >= 0.6 is 27.5 Å². The van der Waals surface area contributed by atoms with E-state index in [9.17, 15) is 0 Å². The van der Waals surface area contributed by atoms with Crippen LogP contribution in [0.5, 0.6) is 0 Å². The summed E-state index contributed by atoms with van der Waals surface area (Å²) in [6.07, 6.45) is 0. The molecule has 1 aromatic heterocycles. The standard InChI is InChI=1S/C9H6BrClN2/c10-9-6-3-1-2-4-7(6)12-8(5-11)13-9/h1-4H,5H2. The fourth-order valence-corrected chi connectivity index (χ4v) is 1.80. The number of halogens is 2. The number of nitrogens with zero attached hydrogens (tertiary/aromatic N) is 2. The Morgan fingerprint density at radius 3 is 2.77 bits per heavy atom. The Balaban J connectivity index is 2.77. The first-order chi connectivity index (χ1) is 6.31. The van der Waals surface area contributed by atoms with Crippen LogP contribution in [0.15, 0.2) is 28.9 Å². The molecule has 66 valence electrons. The van der Waals surface area contributed by atoms with Crippen LogP contribution in [0.2, 0.25) is 0 Å². The van der Waals surface area contributed by atoms with Crippen molar-refractivity contribution in [3.05, 3.63) is 34.7 Å². The molecule has 4 heteroatoms. The van der Waals surface area contributed by atoms with Crippen molar-refractivity contribution >= 4 is 38.4 Å². The Bertz CT molecular complexity index is 445. The molecule has 0 atom stereocenters. The molecule has 2 nitrogen and oxygen atoms in total. The minimum atomic E-state index is 0.337. The number of para-hydroxylation sites is 1. The molecule has 0 radical (unpaired) electrons. The summed E-state index contributed by atoms with van der Waals surface area (Å²) < 4.78 is 0.800. The highest BCUT2D eigenvalue weighted by molar-refractivity contribution is 9.10. The highest BCUT2D eigenvalue weighted by atomic mass is 79.9. The second-order valence-electron chi connectivity index (χ2n) is 2.58. The zero-order valence-corrected chi connectivity index (χ0v) is 9.01. The molecule has 0 aliphatic heterocycles. The van der Waals surface area contributed by atoms with Gasteiger partial charge in [0, 0.05) is 5.39 Å². The first kappa shape index (κ1) is 8.91. The Morgan fingerprint density at radius 2 is 2.00 bits per heavy atom. The Morgan fingerprint density at radius 1 is 1.23 bits per heavy atom. The minimum Gasteiger partial charge on any atom is -0.232 e. The van der Waals surface area contributed by atoms with E-state index in [1.54, 1.807) is 0 Å². The molecule has 0 bridgehead atoms. The van der Waals surface area contributed by atoms with Crippen molar-refractivity contribution < 1.29 is 0 Å². The molecule has 1 aromatic carbocycles. The first-order valence-electron chi connectivity index (χ1n) is 3.78. The summed E-state index contributed by atoms with van der Waals surface area (Å²) in [7, 11) is 0. The van der Waals surface area contributed by atoms with Gasteiger partial charge in [0.2, 0.25) is 0 Å². The van der Waals surface area contributed by atoms with Gasteiger partial charge in [0.05, 0.1) is 11.4 Å². The summed E-state index contributed by atoms with van der Waals surface area (Å²) in [5, 5.41) is 1.01. The number of aromatic nitrogens is 2. The summed E-state index contributed by atoms with van der Waals surface area (Å²) in [6, 6.07) is 7.81. The van der Waals surface area contributed by atoms with Crippen LogP contribution in [0.3, 0.4) is 0 Å². The Labute approximate surface area is 89.1 Å². The van der Waals surface area contributed by atoms with E-state index in [-0.39, 0.29) is 0 Å². The minimum absolute atomic E-state index is 0.337. The number of hydrogen-bond donors (Lipinski definition) is 0. The van der Waals surface area contributed by atoms with Crippen molar-refractivity contribution in [2.75, 3.05) is 0 Å². The number of alkyl halides is 1. The van der Waals surface area contributed by atoms with Crippen LogP contribution in [0.4, 0.5) is 0 Å². The first-order valence-corrected chi connectivity index (χ1v) is 5.11.